The number of nitrogens with one attached hydrogen (secondary N) is 1. The molecular weight excluding hydrogens is 2000 g/mol. The molecule has 0 radical (unpaired) electrons. The Morgan fingerprint density at radius 2 is 0.771 bits per heavy atom. The number of likely N-dealkylation sites (N-methyl/N-ethyl adjacent to an activating group) is 3. The minimum absolute atomic E-state index is 0. The van der Waals surface area contributed by atoms with Crippen molar-refractivity contribution in [2.24, 2.45) is 0 Å². The lowest BCUT2D eigenvalue weighted by molar-refractivity contribution is -0.111. The molecule has 7 aromatic carbocycles. The van der Waals surface area contributed by atoms with Crippen molar-refractivity contribution in [2.75, 3.05) is 93.4 Å². The van der Waals surface area contributed by atoms with Gasteiger partial charge in [0.2, 0.25) is 0 Å². The topological polar surface area (TPSA) is 186 Å². The molecule has 0 bridgehead atoms. The second-order valence-corrected chi connectivity index (χ2v) is 39.0. The first-order valence-electron chi connectivity index (χ1n) is 46.5. The van der Waals surface area contributed by atoms with Gasteiger partial charge >= 0.3 is 28.4 Å². The third kappa shape index (κ3) is 39.7. The van der Waals surface area contributed by atoms with Gasteiger partial charge in [-0.05, 0) is 243 Å². The molecule has 8 saturated heterocycles. The summed E-state index contributed by atoms with van der Waals surface area (Å²) in [6.45, 7) is 27.7. The van der Waals surface area contributed by atoms with E-state index in [-0.39, 0.29) is 104 Å². The van der Waals surface area contributed by atoms with Crippen LogP contribution >= 0.6 is 56.9 Å². The summed E-state index contributed by atoms with van der Waals surface area (Å²) in [6, 6.07) is 29.8. The normalized spacial score (nSPS) is 20.9. The molecule has 8 aliphatic rings. The molecule has 140 heavy (non-hydrogen) atoms. The van der Waals surface area contributed by atoms with Gasteiger partial charge in [-0.15, -0.1) is 24.8 Å². The zero-order valence-corrected chi connectivity index (χ0v) is 86.5. The zero-order chi connectivity index (χ0) is 102. The van der Waals surface area contributed by atoms with Crippen LogP contribution in [0.4, 0.5) is 71.1 Å². The fourth-order valence-electron chi connectivity index (χ4n) is 15.7. The number of halogens is 17. The highest BCUT2D eigenvalue weighted by Gasteiger charge is 2.51. The van der Waals surface area contributed by atoms with Gasteiger partial charge in [0.1, 0.15) is 41.9 Å². The standard InChI is InChI=1S/C17H21F2NO2.2C13H15F2NO.C13H15F2N.C12H13F2N.C11H15F2O3P.C10H17NO3.C7H5BrF2.C6H15O3P.2ClH/c1-17(2,3)22-16(21)20-11-5-7-13(20)10-9-12-6-4-8-14(18)15(12)19;2*1-16-7-3-6-10(16)13-12(17-13)8-4-2-5-9(14)11(8)15;1-16-9-3-5-11(16)8-7-10-4-2-6-12(14)13(10)15;13-11-5-1-3-9(12(11)14)6-7-10-4-2-8-15-10;1-3-15-17(14,16-4-2)8-9-6-5-7-10(12)11(9)13;1-10(2,3)14-9(13)11-6-4-5-8(11)7-12;8-4-5-2-1-3-6(9)7(5)10;1-4-7-10(8-5-2)9-6-3;;/h4,6,8-10,13H,5,7,11H2,1-3H3;2*2,4-5,10,12-13H,3,6-7H2,1H3;2,4,6-8,11H,3,5,9H2,1H3;1,3,5-7,10,15H,2,4,8H2;5-7H,3-4,8H2,1-2H3;7-8H,4-6H2,1-3H3;1-3H,4H2;4-6H2,1-3H3;2*1H/b10-9+;;;8-7+;7-6+;;;;;;/t13-;10-,12+,13+;10-,12-,13-;11-;10-;;8-;;;;/m11111.1..../s1. The second kappa shape index (κ2) is 61.5. The number of carbonyl (C=O) groups excluding carboxylic acids is 3. The molecule has 8 fully saturated rings. The number of carbonyl (C=O) groups is 3. The Hall–Kier alpha value is -7.73. The Morgan fingerprint density at radius 3 is 1.13 bits per heavy atom. The Morgan fingerprint density at radius 1 is 0.429 bits per heavy atom. The Bertz CT molecular complexity index is 5010. The molecule has 15 rings (SSSR count). The maximum atomic E-state index is 13.6. The molecule has 19 nitrogen and oxygen atoms in total. The molecule has 0 spiro atoms. The van der Waals surface area contributed by atoms with Gasteiger partial charge in [0, 0.05) is 81.5 Å². The first-order chi connectivity index (χ1) is 65.7. The van der Waals surface area contributed by atoms with Gasteiger partial charge in [0.15, 0.2) is 81.4 Å². The third-order valence-electron chi connectivity index (χ3n) is 22.6. The van der Waals surface area contributed by atoms with Gasteiger partial charge < -0.3 is 66.4 Å². The van der Waals surface area contributed by atoms with Crippen molar-refractivity contribution in [1.29, 1.82) is 0 Å². The summed E-state index contributed by atoms with van der Waals surface area (Å²) in [5.74, 6) is -11.5. The quantitative estimate of drug-likeness (QED) is 0.0198. The van der Waals surface area contributed by atoms with E-state index in [1.165, 1.54) is 71.6 Å². The number of aldehydes is 1. The molecular formula is C102H133BrCl2F14N6O13P2. The number of amides is 2. The zero-order valence-electron chi connectivity index (χ0n) is 81.5. The Labute approximate surface area is 836 Å². The van der Waals surface area contributed by atoms with Crippen LogP contribution < -0.4 is 5.32 Å². The van der Waals surface area contributed by atoms with Crippen molar-refractivity contribution in [3.8, 4) is 0 Å². The summed E-state index contributed by atoms with van der Waals surface area (Å²) < 4.78 is 243. The molecule has 0 saturated carbocycles. The summed E-state index contributed by atoms with van der Waals surface area (Å²) in [6.07, 6.45) is 21.9. The largest absolute Gasteiger partial charge is 0.444 e. The monoisotopic (exact) mass is 2130 g/mol. The summed E-state index contributed by atoms with van der Waals surface area (Å²) in [4.78, 5) is 44.2. The fraction of sp³-hybridized carbons (Fsp3) is 0.500. The molecule has 38 heteroatoms. The van der Waals surface area contributed by atoms with Crippen LogP contribution in [0, 0.1) is 81.4 Å². The number of hydrogen-bond acceptors (Lipinski definition) is 17. The first kappa shape index (κ1) is 123. The van der Waals surface area contributed by atoms with Crippen molar-refractivity contribution in [1.82, 2.24) is 29.8 Å². The van der Waals surface area contributed by atoms with Crippen LogP contribution in [0.15, 0.2) is 146 Å². The number of likely N-dealkylation sites (tertiary alicyclic amines) is 5. The van der Waals surface area contributed by atoms with Crippen LogP contribution in [0.25, 0.3) is 18.2 Å². The maximum absolute atomic E-state index is 13.6. The molecule has 0 aliphatic carbocycles. The summed E-state index contributed by atoms with van der Waals surface area (Å²) >= 11 is 3.04. The van der Waals surface area contributed by atoms with Crippen molar-refractivity contribution in [3.05, 3.63) is 266 Å². The molecule has 8 aliphatic heterocycles. The number of alkyl halides is 1. The molecule has 778 valence electrons. The van der Waals surface area contributed by atoms with Gasteiger partial charge in [-0.3, -0.25) is 14.4 Å². The Balaban J connectivity index is 0.000000279. The lowest BCUT2D eigenvalue weighted by atomic mass is 10.0. The average molecular weight is 2130 g/mol. The number of epoxide rings is 2. The van der Waals surface area contributed by atoms with Gasteiger partial charge in [-0.25, -0.2) is 71.1 Å². The highest BCUT2D eigenvalue weighted by Crippen LogP contribution is 2.52. The highest BCUT2D eigenvalue weighted by atomic mass is 79.9. The predicted molar refractivity (Wildman–Crippen MR) is 526 cm³/mol. The second-order valence-electron chi connectivity index (χ2n) is 35.2. The summed E-state index contributed by atoms with van der Waals surface area (Å²) in [5, 5.41) is 3.60. The van der Waals surface area contributed by atoms with Crippen LogP contribution in [0.3, 0.4) is 0 Å². The van der Waals surface area contributed by atoms with Crippen LogP contribution in [0.5, 0.6) is 0 Å². The van der Waals surface area contributed by atoms with Crippen LogP contribution in [0.1, 0.15) is 204 Å². The number of rotatable bonds is 24. The van der Waals surface area contributed by atoms with E-state index in [0.29, 0.717) is 90.2 Å². The number of nitrogens with zero attached hydrogens (tertiary/aromatic N) is 5. The van der Waals surface area contributed by atoms with E-state index in [0.717, 1.165) is 152 Å². The summed E-state index contributed by atoms with van der Waals surface area (Å²) in [7, 11) is 1.70. The molecule has 8 heterocycles. The molecule has 7 aromatic rings. The molecule has 0 unspecified atom stereocenters. The van der Waals surface area contributed by atoms with Crippen LogP contribution in [-0.4, -0.2) is 196 Å². The first-order valence-corrected chi connectivity index (χ1v) is 50.4. The van der Waals surface area contributed by atoms with Gasteiger partial charge in [-0.1, -0.05) is 137 Å². The smallest absolute Gasteiger partial charge is 0.410 e. The van der Waals surface area contributed by atoms with E-state index in [1.54, 1.807) is 61.2 Å². The molecule has 0 aromatic heterocycles. The molecule has 10 atom stereocenters. The number of hydrogen-bond donors (Lipinski definition) is 1. The van der Waals surface area contributed by atoms with Crippen LogP contribution in [0.2, 0.25) is 0 Å². The maximum Gasteiger partial charge on any atom is 0.410 e. The van der Waals surface area contributed by atoms with E-state index in [1.807, 2.05) is 81.5 Å². The number of ether oxygens (including phenoxy) is 4. The van der Waals surface area contributed by atoms with E-state index in [4.69, 9.17) is 41.6 Å². The van der Waals surface area contributed by atoms with Crippen molar-refractivity contribution in [3.63, 3.8) is 0 Å². The highest BCUT2D eigenvalue weighted by molar-refractivity contribution is 9.08. The third-order valence-corrected chi connectivity index (χ3v) is 26.6. The van der Waals surface area contributed by atoms with E-state index in [2.05, 4.69) is 50.0 Å². The fourth-order valence-corrected chi connectivity index (χ4v) is 18.7. The van der Waals surface area contributed by atoms with Crippen molar-refractivity contribution in [2.45, 2.75) is 237 Å². The lowest BCUT2D eigenvalue weighted by Crippen LogP contribution is -2.40. The lowest BCUT2D eigenvalue weighted by Gasteiger charge is -2.27. The molecule has 1 N–H and O–H groups in total. The number of benzene rings is 7. The van der Waals surface area contributed by atoms with Crippen molar-refractivity contribution < 1.29 is 122 Å². The molecule has 2 amide bonds. The van der Waals surface area contributed by atoms with E-state index < -0.39 is 109 Å². The minimum Gasteiger partial charge on any atom is -0.444 e. The van der Waals surface area contributed by atoms with Crippen LogP contribution in [-0.2, 0) is 62.4 Å². The van der Waals surface area contributed by atoms with Gasteiger partial charge in [0.25, 0.3) is 0 Å². The predicted octanol–water partition coefficient (Wildman–Crippen LogP) is 26.5. The van der Waals surface area contributed by atoms with Gasteiger partial charge in [-0.2, -0.15) is 0 Å². The van der Waals surface area contributed by atoms with E-state index in [9.17, 15) is 80.4 Å². The Kier molecular flexibility index (Phi) is 53.9. The SMILES string of the molecule is CC(C)(C)OC(=O)N1CCC[C@@H]1/C=C/c1cccc(F)c1F.CC(C)(C)OC(=O)N1CCC[C@@H]1C=O.CCOP(=O)(Cc1cccc(F)c1F)OCC.CCOP(OCC)OCC.CN1CCC[C@@H]1/C=C/c1cccc(F)c1F.CN1CCC[C@@H]1[C@@H]1O[C@H]1c1cccc(F)c1F.CN1CCC[C@@H]1[C@H]1O[C@@H]1c1cccc(F)c1F.Cl.Cl.Fc1cccc(/C=C/[C@H]2CCCN2)c1F.Fc1cccc(CBr)c1F. The summed E-state index contributed by atoms with van der Waals surface area (Å²) in [5.41, 5.74) is 0.816. The van der Waals surface area contributed by atoms with E-state index >= 15 is 0 Å². The minimum atomic E-state index is -3.39. The average Bonchev–Trinajstić information content (AvgIpc) is 1.61. The van der Waals surface area contributed by atoms with Crippen molar-refractivity contribution >= 4 is 93.6 Å². The van der Waals surface area contributed by atoms with Gasteiger partial charge in [0.05, 0.1) is 51.3 Å².